The predicted octanol–water partition coefficient (Wildman–Crippen LogP) is 5.05. The molecule has 2 unspecified atom stereocenters. The molecule has 4 bridgehead atoms. The van der Waals surface area contributed by atoms with Gasteiger partial charge >= 0.3 is 0 Å². The van der Waals surface area contributed by atoms with E-state index >= 15 is 0 Å². The normalized spacial score (nSPS) is 42.5. The highest BCUT2D eigenvalue weighted by Crippen LogP contribution is 2.66. The third-order valence-electron chi connectivity index (χ3n) is 6.03. The van der Waals surface area contributed by atoms with Crippen LogP contribution in [0.4, 0.5) is 8.78 Å². The van der Waals surface area contributed by atoms with Crippen LogP contribution in [0.5, 0.6) is 0 Å². The predicted molar refractivity (Wildman–Crippen MR) is 81.3 cm³/mol. The van der Waals surface area contributed by atoms with Crippen molar-refractivity contribution in [1.82, 2.24) is 0 Å². The molecule has 4 fully saturated rings. The van der Waals surface area contributed by atoms with Crippen molar-refractivity contribution in [2.45, 2.75) is 62.7 Å². The van der Waals surface area contributed by atoms with Crippen LogP contribution in [0, 0.1) is 11.3 Å². The number of hydrogen-bond donors (Lipinski definition) is 0. The molecule has 4 saturated carbocycles. The summed E-state index contributed by atoms with van der Waals surface area (Å²) in [7, 11) is 0. The van der Waals surface area contributed by atoms with Crippen molar-refractivity contribution in [1.29, 1.82) is 0 Å². The minimum atomic E-state index is -1.32. The second-order valence-corrected chi connectivity index (χ2v) is 8.10. The molecule has 1 aromatic carbocycles. The van der Waals surface area contributed by atoms with E-state index in [1.165, 1.54) is 0 Å². The largest absolute Gasteiger partial charge is 0.294 e. The zero-order chi connectivity index (χ0) is 15.4. The maximum absolute atomic E-state index is 14.9. The Balaban J connectivity index is 1.50. The van der Waals surface area contributed by atoms with E-state index in [9.17, 15) is 13.6 Å². The first-order valence-corrected chi connectivity index (χ1v) is 8.36. The SMILES string of the molecule is O=C(CCC12CC3CC(F)(CC(F)(C3)C1)C2)c1ccccc1. The lowest BCUT2D eigenvalue weighted by Gasteiger charge is -2.61. The summed E-state index contributed by atoms with van der Waals surface area (Å²) in [5.41, 5.74) is -2.21. The van der Waals surface area contributed by atoms with Gasteiger partial charge in [0.2, 0.25) is 0 Å². The number of alkyl halides is 2. The van der Waals surface area contributed by atoms with Crippen LogP contribution >= 0.6 is 0 Å². The lowest BCUT2D eigenvalue weighted by molar-refractivity contribution is -0.176. The fourth-order valence-electron chi connectivity index (χ4n) is 5.82. The number of benzene rings is 1. The molecule has 2 atom stereocenters. The third kappa shape index (κ3) is 2.39. The van der Waals surface area contributed by atoms with Gasteiger partial charge in [0.05, 0.1) is 0 Å². The minimum Gasteiger partial charge on any atom is -0.294 e. The van der Waals surface area contributed by atoms with Gasteiger partial charge in [0.1, 0.15) is 11.3 Å². The molecule has 0 saturated heterocycles. The minimum absolute atomic E-state index is 0.0882. The van der Waals surface area contributed by atoms with Gasteiger partial charge in [-0.15, -0.1) is 0 Å². The Bertz CT molecular complexity index is 579. The molecule has 118 valence electrons. The summed E-state index contributed by atoms with van der Waals surface area (Å²) in [5.74, 6) is 0.273. The average Bonchev–Trinajstić information content (AvgIpc) is 2.42. The van der Waals surface area contributed by atoms with Crippen LogP contribution in [-0.4, -0.2) is 17.1 Å². The van der Waals surface area contributed by atoms with Gasteiger partial charge in [0.15, 0.2) is 5.78 Å². The summed E-state index contributed by atoms with van der Waals surface area (Å²) in [6, 6.07) is 9.22. The number of hydrogen-bond acceptors (Lipinski definition) is 1. The van der Waals surface area contributed by atoms with Crippen LogP contribution in [0.3, 0.4) is 0 Å². The summed E-state index contributed by atoms with van der Waals surface area (Å²) in [4.78, 5) is 12.3. The van der Waals surface area contributed by atoms with Crippen LogP contribution in [0.2, 0.25) is 0 Å². The third-order valence-corrected chi connectivity index (χ3v) is 6.03. The van der Waals surface area contributed by atoms with Crippen LogP contribution in [0.1, 0.15) is 61.7 Å². The molecule has 4 aliphatic rings. The lowest BCUT2D eigenvalue weighted by Crippen LogP contribution is -2.59. The van der Waals surface area contributed by atoms with Crippen molar-refractivity contribution in [3.05, 3.63) is 35.9 Å². The fraction of sp³-hybridized carbons (Fsp3) is 0.632. The average molecular weight is 304 g/mol. The van der Waals surface area contributed by atoms with Gasteiger partial charge in [-0.05, 0) is 49.9 Å². The van der Waals surface area contributed by atoms with Gasteiger partial charge in [-0.2, -0.15) is 0 Å². The number of Topliss-reactive ketones (excluding diaryl/α,β-unsaturated/α-hetero) is 1. The van der Waals surface area contributed by atoms with E-state index in [-0.39, 0.29) is 23.5 Å². The van der Waals surface area contributed by atoms with Crippen molar-refractivity contribution in [3.63, 3.8) is 0 Å². The summed E-state index contributed by atoms with van der Waals surface area (Å²) in [6.45, 7) is 0. The Morgan fingerprint density at radius 2 is 1.64 bits per heavy atom. The quantitative estimate of drug-likeness (QED) is 0.711. The zero-order valence-electron chi connectivity index (χ0n) is 12.8. The Morgan fingerprint density at radius 3 is 2.23 bits per heavy atom. The second-order valence-electron chi connectivity index (χ2n) is 8.10. The molecule has 3 heteroatoms. The lowest BCUT2D eigenvalue weighted by atomic mass is 9.46. The van der Waals surface area contributed by atoms with E-state index in [0.717, 1.165) is 6.42 Å². The molecule has 0 aliphatic heterocycles. The molecule has 0 aromatic heterocycles. The summed E-state index contributed by atoms with van der Waals surface area (Å²) in [6.07, 6.45) is 4.03. The molecule has 4 aliphatic carbocycles. The molecule has 1 nitrogen and oxygen atoms in total. The second kappa shape index (κ2) is 4.62. The van der Waals surface area contributed by atoms with Gasteiger partial charge in [0.25, 0.3) is 0 Å². The molecule has 5 rings (SSSR count). The summed E-state index contributed by atoms with van der Waals surface area (Å²) < 4.78 is 29.8. The number of ketones is 1. The molecular weight excluding hydrogens is 282 g/mol. The molecule has 0 spiro atoms. The van der Waals surface area contributed by atoms with E-state index in [2.05, 4.69) is 0 Å². The Morgan fingerprint density at radius 1 is 1.00 bits per heavy atom. The summed E-state index contributed by atoms with van der Waals surface area (Å²) >= 11 is 0. The van der Waals surface area contributed by atoms with Crippen LogP contribution in [-0.2, 0) is 0 Å². The highest BCUT2D eigenvalue weighted by atomic mass is 19.2. The van der Waals surface area contributed by atoms with Gasteiger partial charge in [-0.1, -0.05) is 30.3 Å². The number of carbonyl (C=O) groups is 1. The molecule has 0 radical (unpaired) electrons. The Labute approximate surface area is 130 Å². The van der Waals surface area contributed by atoms with Gasteiger partial charge in [-0.25, -0.2) is 8.78 Å². The molecule has 0 N–H and O–H groups in total. The zero-order valence-corrected chi connectivity index (χ0v) is 12.8. The Kier molecular flexibility index (Phi) is 3.02. The molecule has 1 aromatic rings. The van der Waals surface area contributed by atoms with E-state index in [0.29, 0.717) is 44.1 Å². The first-order chi connectivity index (χ1) is 10.4. The smallest absolute Gasteiger partial charge is 0.162 e. The van der Waals surface area contributed by atoms with E-state index in [1.54, 1.807) is 0 Å². The van der Waals surface area contributed by atoms with Crippen molar-refractivity contribution in [3.8, 4) is 0 Å². The van der Waals surface area contributed by atoms with Crippen molar-refractivity contribution >= 4 is 5.78 Å². The van der Waals surface area contributed by atoms with Crippen LogP contribution in [0.15, 0.2) is 30.3 Å². The van der Waals surface area contributed by atoms with Gasteiger partial charge in [0, 0.05) is 18.4 Å². The van der Waals surface area contributed by atoms with E-state index in [1.807, 2.05) is 30.3 Å². The maximum atomic E-state index is 14.9. The van der Waals surface area contributed by atoms with Crippen molar-refractivity contribution < 1.29 is 13.6 Å². The topological polar surface area (TPSA) is 17.1 Å². The molecular formula is C19H22F2O. The summed E-state index contributed by atoms with van der Waals surface area (Å²) in [5, 5.41) is 0. The standard InChI is InChI=1S/C19H22F2O/c20-18-9-14-8-17(11-18,12-19(21,10-14)13-18)7-6-16(22)15-4-2-1-3-5-15/h1-5,14H,6-13H2. The van der Waals surface area contributed by atoms with Crippen molar-refractivity contribution in [2.24, 2.45) is 11.3 Å². The highest BCUT2D eigenvalue weighted by molar-refractivity contribution is 5.95. The first kappa shape index (κ1) is 14.3. The van der Waals surface area contributed by atoms with E-state index < -0.39 is 11.3 Å². The van der Waals surface area contributed by atoms with Gasteiger partial charge in [-0.3, -0.25) is 4.79 Å². The number of halogens is 2. The number of rotatable bonds is 4. The Hall–Kier alpha value is -1.25. The van der Waals surface area contributed by atoms with Crippen molar-refractivity contribution in [2.75, 3.05) is 0 Å². The maximum Gasteiger partial charge on any atom is 0.162 e. The van der Waals surface area contributed by atoms with Crippen LogP contribution in [0.25, 0.3) is 0 Å². The van der Waals surface area contributed by atoms with E-state index in [4.69, 9.17) is 0 Å². The first-order valence-electron chi connectivity index (χ1n) is 8.36. The molecule has 22 heavy (non-hydrogen) atoms. The monoisotopic (exact) mass is 304 g/mol. The molecule has 0 heterocycles. The number of carbonyl (C=O) groups excluding carboxylic acids is 1. The fourth-order valence-corrected chi connectivity index (χ4v) is 5.82. The molecule has 0 amide bonds. The highest BCUT2D eigenvalue weighted by Gasteiger charge is 2.64. The van der Waals surface area contributed by atoms with Crippen LogP contribution < -0.4 is 0 Å². The van der Waals surface area contributed by atoms with Gasteiger partial charge < -0.3 is 0 Å².